The van der Waals surface area contributed by atoms with Crippen molar-refractivity contribution >= 4 is 17.5 Å². The number of fused-ring (bicyclic) bond motifs is 1. The number of rotatable bonds is 3. The third-order valence-electron chi connectivity index (χ3n) is 3.15. The molecule has 1 unspecified atom stereocenters. The zero-order chi connectivity index (χ0) is 17.4. The van der Waals surface area contributed by atoms with Crippen molar-refractivity contribution in [1.82, 2.24) is 0 Å². The summed E-state index contributed by atoms with van der Waals surface area (Å²) in [6.45, 7) is 8.37. The van der Waals surface area contributed by atoms with E-state index in [1.807, 2.05) is 0 Å². The van der Waals surface area contributed by atoms with E-state index < -0.39 is 29.4 Å². The molecule has 1 aliphatic rings. The Bertz CT molecular complexity index is 681. The maximum atomic E-state index is 12.2. The Morgan fingerprint density at radius 1 is 1.17 bits per heavy atom. The molecule has 0 aliphatic carbocycles. The van der Waals surface area contributed by atoms with Gasteiger partial charge in [0.05, 0.1) is 0 Å². The van der Waals surface area contributed by atoms with E-state index in [2.05, 4.69) is 0 Å². The summed E-state index contributed by atoms with van der Waals surface area (Å²) in [5, 5.41) is 9.39. The minimum absolute atomic E-state index is 0.303. The normalized spacial score (nSPS) is 17.5. The molecule has 0 bridgehead atoms. The van der Waals surface area contributed by atoms with E-state index >= 15 is 0 Å². The molecule has 1 aliphatic heterocycles. The fraction of sp³-hybridized carbons (Fsp3) is 0.412. The number of hydrogen-bond acceptors (Lipinski definition) is 5. The maximum Gasteiger partial charge on any atom is 0.346 e. The highest BCUT2D eigenvalue weighted by Gasteiger charge is 2.28. The first-order chi connectivity index (χ1) is 10.6. The van der Waals surface area contributed by atoms with Crippen LogP contribution in [0.3, 0.4) is 0 Å². The molecule has 0 fully saturated rings. The molecule has 0 radical (unpaired) electrons. The van der Waals surface area contributed by atoms with Gasteiger partial charge in [-0.3, -0.25) is 0 Å². The lowest BCUT2D eigenvalue weighted by Gasteiger charge is -2.20. The van der Waals surface area contributed by atoms with Crippen LogP contribution in [0.4, 0.5) is 0 Å². The van der Waals surface area contributed by atoms with Gasteiger partial charge >= 0.3 is 11.9 Å². The zero-order valence-electron chi connectivity index (χ0n) is 13.8. The largest absolute Gasteiger partial charge is 0.477 e. The minimum atomic E-state index is -1.33. The molecule has 23 heavy (non-hydrogen) atoms. The smallest absolute Gasteiger partial charge is 0.346 e. The Hall–Kier alpha value is -2.50. The first-order valence-corrected chi connectivity index (χ1v) is 7.24. The summed E-state index contributed by atoms with van der Waals surface area (Å²) < 4.78 is 16.1. The highest BCUT2D eigenvalue weighted by atomic mass is 16.7. The van der Waals surface area contributed by atoms with Crippen molar-refractivity contribution in [3.05, 3.63) is 29.3 Å². The van der Waals surface area contributed by atoms with E-state index in [0.717, 1.165) is 0 Å². The molecule has 124 valence electrons. The number of esters is 1. The highest BCUT2D eigenvalue weighted by Crippen LogP contribution is 2.37. The van der Waals surface area contributed by atoms with Gasteiger partial charge in [-0.25, -0.2) is 9.59 Å². The van der Waals surface area contributed by atoms with Gasteiger partial charge in [0, 0.05) is 6.92 Å². The van der Waals surface area contributed by atoms with Gasteiger partial charge in [0.1, 0.15) is 11.2 Å². The highest BCUT2D eigenvalue weighted by molar-refractivity contribution is 6.19. The van der Waals surface area contributed by atoms with Gasteiger partial charge in [0.25, 0.3) is 0 Å². The van der Waals surface area contributed by atoms with Crippen LogP contribution in [-0.4, -0.2) is 28.9 Å². The summed E-state index contributed by atoms with van der Waals surface area (Å²) in [4.78, 5) is 23.7. The summed E-state index contributed by atoms with van der Waals surface area (Å²) in [5.41, 5.74) is -0.309. The van der Waals surface area contributed by atoms with E-state index in [0.29, 0.717) is 22.6 Å². The molecule has 6 heteroatoms. The molecule has 1 aromatic rings. The van der Waals surface area contributed by atoms with Crippen LogP contribution in [0.2, 0.25) is 0 Å². The molecule has 0 amide bonds. The summed E-state index contributed by atoms with van der Waals surface area (Å²) in [5.74, 6) is -1.09. The molecule has 1 atom stereocenters. The fourth-order valence-electron chi connectivity index (χ4n) is 2.19. The lowest BCUT2D eigenvalue weighted by molar-refractivity contribution is -0.152. The fourth-order valence-corrected chi connectivity index (χ4v) is 2.19. The number of carboxylic acid groups (broad SMARTS) is 1. The van der Waals surface area contributed by atoms with Crippen molar-refractivity contribution in [2.24, 2.45) is 0 Å². The molecule has 0 saturated heterocycles. The third kappa shape index (κ3) is 3.83. The van der Waals surface area contributed by atoms with Crippen molar-refractivity contribution in [2.75, 3.05) is 0 Å². The van der Waals surface area contributed by atoms with Crippen LogP contribution in [-0.2, 0) is 14.3 Å². The second-order valence-corrected chi connectivity index (χ2v) is 6.27. The molecule has 1 heterocycles. The summed E-state index contributed by atoms with van der Waals surface area (Å²) in [6.07, 6.45) is -0.394. The van der Waals surface area contributed by atoms with Gasteiger partial charge in [-0.15, -0.1) is 0 Å². The number of aliphatic carboxylic acids is 1. The Morgan fingerprint density at radius 3 is 2.35 bits per heavy atom. The van der Waals surface area contributed by atoms with Gasteiger partial charge in [-0.05, 0) is 51.0 Å². The van der Waals surface area contributed by atoms with E-state index in [-0.39, 0.29) is 0 Å². The maximum absolute atomic E-state index is 12.2. The van der Waals surface area contributed by atoms with Crippen molar-refractivity contribution in [3.63, 3.8) is 0 Å². The van der Waals surface area contributed by atoms with Crippen LogP contribution in [0.1, 0.15) is 40.2 Å². The van der Waals surface area contributed by atoms with Crippen LogP contribution in [0.5, 0.6) is 11.5 Å². The van der Waals surface area contributed by atoms with Crippen LogP contribution < -0.4 is 9.47 Å². The number of benzene rings is 1. The molecular weight excluding hydrogens is 300 g/mol. The average Bonchev–Trinajstić information content (AvgIpc) is 2.74. The number of allylic oxidation sites excluding steroid dienone is 1. The first kappa shape index (κ1) is 16.9. The summed E-state index contributed by atoms with van der Waals surface area (Å²) in [7, 11) is 0. The van der Waals surface area contributed by atoms with Crippen LogP contribution in [0.15, 0.2) is 23.8 Å². The standard InChI is InChI=1S/C17H20O6/c1-9(14(15(18)19)16(20)23-17(3,4)5)11-6-7-12-13(8-11)22-10(2)21-12/h6-8,10H,1-5H3,(H,18,19). The topological polar surface area (TPSA) is 82.1 Å². The molecule has 1 N–H and O–H groups in total. The van der Waals surface area contributed by atoms with Crippen LogP contribution >= 0.6 is 0 Å². The minimum Gasteiger partial charge on any atom is -0.477 e. The van der Waals surface area contributed by atoms with Crippen LogP contribution in [0.25, 0.3) is 5.57 Å². The van der Waals surface area contributed by atoms with E-state index in [1.54, 1.807) is 52.8 Å². The predicted octanol–water partition coefficient (Wildman–Crippen LogP) is 3.00. The van der Waals surface area contributed by atoms with Gasteiger partial charge in [0.2, 0.25) is 6.29 Å². The van der Waals surface area contributed by atoms with Crippen molar-refractivity contribution < 1.29 is 28.9 Å². The summed E-state index contributed by atoms with van der Waals surface area (Å²) >= 11 is 0. The molecular formula is C17H20O6. The lowest BCUT2D eigenvalue weighted by Crippen LogP contribution is -2.27. The second-order valence-electron chi connectivity index (χ2n) is 6.27. The van der Waals surface area contributed by atoms with E-state index in [1.165, 1.54) is 0 Å². The number of hydrogen-bond donors (Lipinski definition) is 1. The Kier molecular flexibility index (Phi) is 4.36. The SMILES string of the molecule is CC(=C(C(=O)O)C(=O)OC(C)(C)C)c1ccc2c(c1)OC(C)O2. The van der Waals surface area contributed by atoms with Crippen LogP contribution in [0, 0.1) is 0 Å². The zero-order valence-corrected chi connectivity index (χ0v) is 13.8. The quantitative estimate of drug-likeness (QED) is 0.399. The molecule has 0 saturated carbocycles. The lowest BCUT2D eigenvalue weighted by atomic mass is 10.0. The monoisotopic (exact) mass is 320 g/mol. The average molecular weight is 320 g/mol. The Balaban J connectivity index is 2.42. The first-order valence-electron chi connectivity index (χ1n) is 7.24. The molecule has 2 rings (SSSR count). The molecule has 6 nitrogen and oxygen atoms in total. The summed E-state index contributed by atoms with van der Waals surface area (Å²) in [6, 6.07) is 5.02. The second kappa shape index (κ2) is 5.95. The van der Waals surface area contributed by atoms with E-state index in [4.69, 9.17) is 14.2 Å². The number of carboxylic acids is 1. The van der Waals surface area contributed by atoms with Gasteiger partial charge < -0.3 is 19.3 Å². The number of carbonyl (C=O) groups is 2. The van der Waals surface area contributed by atoms with Crippen molar-refractivity contribution in [1.29, 1.82) is 0 Å². The van der Waals surface area contributed by atoms with Crippen molar-refractivity contribution in [3.8, 4) is 11.5 Å². The van der Waals surface area contributed by atoms with Gasteiger partial charge in [0.15, 0.2) is 11.5 Å². The molecule has 0 spiro atoms. The van der Waals surface area contributed by atoms with Crippen molar-refractivity contribution in [2.45, 2.75) is 46.5 Å². The number of ether oxygens (including phenoxy) is 3. The predicted molar refractivity (Wildman–Crippen MR) is 83.2 cm³/mol. The van der Waals surface area contributed by atoms with Gasteiger partial charge in [-0.2, -0.15) is 0 Å². The van der Waals surface area contributed by atoms with E-state index in [9.17, 15) is 14.7 Å². The number of carbonyl (C=O) groups excluding carboxylic acids is 1. The third-order valence-corrected chi connectivity index (χ3v) is 3.15. The Morgan fingerprint density at radius 2 is 1.78 bits per heavy atom. The van der Waals surface area contributed by atoms with Gasteiger partial charge in [-0.1, -0.05) is 6.07 Å². The Labute approximate surface area is 134 Å². The molecule has 0 aromatic heterocycles. The molecule has 1 aromatic carbocycles.